The molecule has 1 aromatic carbocycles. The Balaban J connectivity index is 2.91. The zero-order chi connectivity index (χ0) is 12.1. The lowest BCUT2D eigenvalue weighted by Gasteiger charge is -2.06. The van der Waals surface area contributed by atoms with Crippen molar-refractivity contribution in [2.75, 3.05) is 0 Å². The topological polar surface area (TPSA) is 50.1 Å². The summed E-state index contributed by atoms with van der Waals surface area (Å²) in [7, 11) is 0. The number of hydrogen-bond donors (Lipinski definition) is 0. The van der Waals surface area contributed by atoms with Crippen LogP contribution in [0.1, 0.15) is 17.3 Å². The van der Waals surface area contributed by atoms with E-state index in [0.717, 1.165) is 0 Å². The number of alkyl halides is 2. The molecule has 0 aromatic heterocycles. The third kappa shape index (κ3) is 3.02. The number of carbonyl (C=O) groups is 1. The minimum Gasteiger partial charge on any atom is -0.435 e. The van der Waals surface area contributed by atoms with Crippen molar-refractivity contribution in [1.29, 1.82) is 5.26 Å². The maximum absolute atomic E-state index is 11.9. The van der Waals surface area contributed by atoms with Crippen molar-refractivity contribution >= 4 is 5.78 Å². The fourth-order valence-corrected chi connectivity index (χ4v) is 1.13. The molecular weight excluding hydrogens is 216 g/mol. The first-order valence-corrected chi connectivity index (χ1v) is 4.53. The molecule has 0 spiro atoms. The highest BCUT2D eigenvalue weighted by Gasteiger charge is 2.15. The van der Waals surface area contributed by atoms with Crippen molar-refractivity contribution < 1.29 is 18.3 Å². The molecule has 0 aliphatic heterocycles. The summed E-state index contributed by atoms with van der Waals surface area (Å²) < 4.78 is 28.0. The number of ketones is 1. The maximum atomic E-state index is 11.9. The second-order valence-corrected chi connectivity index (χ2v) is 3.12. The van der Waals surface area contributed by atoms with Gasteiger partial charge in [0.15, 0.2) is 5.78 Å². The molecule has 0 aliphatic rings. The van der Waals surface area contributed by atoms with Crippen LogP contribution in [-0.4, -0.2) is 12.4 Å². The van der Waals surface area contributed by atoms with Crippen LogP contribution in [0.4, 0.5) is 8.78 Å². The van der Waals surface area contributed by atoms with E-state index in [4.69, 9.17) is 5.26 Å². The molecule has 1 aromatic rings. The molecule has 0 bridgehead atoms. The Hall–Kier alpha value is -1.96. The molecule has 0 radical (unpaired) electrons. The van der Waals surface area contributed by atoms with Crippen LogP contribution < -0.4 is 4.74 Å². The van der Waals surface area contributed by atoms with Crippen LogP contribution in [0.2, 0.25) is 0 Å². The van der Waals surface area contributed by atoms with Crippen molar-refractivity contribution in [3.63, 3.8) is 0 Å². The van der Waals surface area contributed by atoms with Crippen molar-refractivity contribution in [2.45, 2.75) is 13.5 Å². The number of ether oxygens (including phenoxy) is 1. The highest BCUT2D eigenvalue weighted by Crippen LogP contribution is 2.18. The predicted octanol–water partition coefficient (Wildman–Crippen LogP) is 2.63. The number of Topliss-reactive ketones (excluding diaryl/α,β-unsaturated/α-hetero) is 1. The molecule has 0 aliphatic carbocycles. The third-order valence-electron chi connectivity index (χ3n) is 1.93. The van der Waals surface area contributed by atoms with Gasteiger partial charge in [0.1, 0.15) is 11.7 Å². The van der Waals surface area contributed by atoms with E-state index in [1.54, 1.807) is 6.07 Å². The summed E-state index contributed by atoms with van der Waals surface area (Å²) >= 11 is 0. The maximum Gasteiger partial charge on any atom is 0.387 e. The van der Waals surface area contributed by atoms with Gasteiger partial charge in [0, 0.05) is 5.56 Å². The number of carbonyl (C=O) groups excluding carboxylic acids is 1. The molecule has 0 amide bonds. The van der Waals surface area contributed by atoms with Crippen LogP contribution in [0.5, 0.6) is 5.75 Å². The predicted molar refractivity (Wildman–Crippen MR) is 52.2 cm³/mol. The summed E-state index contributed by atoms with van der Waals surface area (Å²) in [6.45, 7) is -1.48. The second kappa shape index (κ2) is 5.21. The molecular formula is C11H9F2NO2. The summed E-state index contributed by atoms with van der Waals surface area (Å²) in [5, 5.41) is 8.56. The van der Waals surface area contributed by atoms with Crippen molar-refractivity contribution in [3.05, 3.63) is 29.8 Å². The lowest BCUT2D eigenvalue weighted by Crippen LogP contribution is -2.09. The van der Waals surface area contributed by atoms with E-state index < -0.39 is 18.3 Å². The molecule has 0 heterocycles. The molecule has 0 saturated heterocycles. The number of halogens is 2. The van der Waals surface area contributed by atoms with Crippen LogP contribution in [0.15, 0.2) is 24.3 Å². The van der Waals surface area contributed by atoms with E-state index in [-0.39, 0.29) is 11.3 Å². The largest absolute Gasteiger partial charge is 0.435 e. The fourth-order valence-electron chi connectivity index (χ4n) is 1.13. The van der Waals surface area contributed by atoms with Gasteiger partial charge in [-0.2, -0.15) is 14.0 Å². The zero-order valence-corrected chi connectivity index (χ0v) is 8.48. The molecule has 5 heteroatoms. The fraction of sp³-hybridized carbons (Fsp3) is 0.273. The Morgan fingerprint density at radius 1 is 1.50 bits per heavy atom. The summed E-state index contributed by atoms with van der Waals surface area (Å²) in [5.74, 6) is -1.31. The Bertz CT molecular complexity index is 426. The number of hydrogen-bond acceptors (Lipinski definition) is 3. The average Bonchev–Trinajstić information content (AvgIpc) is 2.26. The molecule has 3 nitrogen and oxygen atoms in total. The lowest BCUT2D eigenvalue weighted by molar-refractivity contribution is -0.0498. The van der Waals surface area contributed by atoms with E-state index in [1.807, 2.05) is 0 Å². The van der Waals surface area contributed by atoms with Crippen LogP contribution >= 0.6 is 0 Å². The van der Waals surface area contributed by atoms with Crippen molar-refractivity contribution in [1.82, 2.24) is 0 Å². The van der Waals surface area contributed by atoms with E-state index in [2.05, 4.69) is 4.74 Å². The van der Waals surface area contributed by atoms with Gasteiger partial charge in [-0.1, -0.05) is 12.1 Å². The van der Waals surface area contributed by atoms with Crippen LogP contribution in [0.25, 0.3) is 0 Å². The van der Waals surface area contributed by atoms with Crippen molar-refractivity contribution in [3.8, 4) is 11.8 Å². The summed E-state index contributed by atoms with van der Waals surface area (Å²) in [5.41, 5.74) is 0.187. The molecule has 16 heavy (non-hydrogen) atoms. The van der Waals surface area contributed by atoms with Gasteiger partial charge in [-0.3, -0.25) is 4.79 Å². The molecule has 0 N–H and O–H groups in total. The van der Waals surface area contributed by atoms with Gasteiger partial charge in [0.25, 0.3) is 0 Å². The number of nitrogens with zero attached hydrogens (tertiary/aromatic N) is 1. The second-order valence-electron chi connectivity index (χ2n) is 3.12. The van der Waals surface area contributed by atoms with Gasteiger partial charge in [0.05, 0.1) is 6.07 Å². The lowest BCUT2D eigenvalue weighted by atomic mass is 10.0. The molecule has 1 atom stereocenters. The first kappa shape index (κ1) is 12.1. The smallest absolute Gasteiger partial charge is 0.387 e. The Kier molecular flexibility index (Phi) is 3.95. The third-order valence-corrected chi connectivity index (χ3v) is 1.93. The van der Waals surface area contributed by atoms with E-state index >= 15 is 0 Å². The minimum absolute atomic E-state index is 0.0917. The SMILES string of the molecule is CC(C#N)C(=O)c1cccc(OC(F)F)c1. The molecule has 1 rings (SSSR count). The molecule has 1 unspecified atom stereocenters. The van der Waals surface area contributed by atoms with E-state index in [1.165, 1.54) is 31.2 Å². The summed E-state index contributed by atoms with van der Waals surface area (Å²) in [4.78, 5) is 11.5. The zero-order valence-electron chi connectivity index (χ0n) is 8.48. The Morgan fingerprint density at radius 3 is 2.75 bits per heavy atom. The normalized spacial score (nSPS) is 11.9. The average molecular weight is 225 g/mol. The highest BCUT2D eigenvalue weighted by molar-refractivity contribution is 5.99. The summed E-state index contributed by atoms with van der Waals surface area (Å²) in [6.07, 6.45) is 0. The van der Waals surface area contributed by atoms with Gasteiger partial charge in [-0.05, 0) is 19.1 Å². The van der Waals surface area contributed by atoms with E-state index in [0.29, 0.717) is 0 Å². The number of rotatable bonds is 4. The summed E-state index contributed by atoms with van der Waals surface area (Å²) in [6, 6.07) is 7.18. The number of benzene rings is 1. The molecule has 0 saturated carbocycles. The standard InChI is InChI=1S/C11H9F2NO2/c1-7(6-14)10(15)8-3-2-4-9(5-8)16-11(12)13/h2-5,7,11H,1H3. The van der Waals surface area contributed by atoms with Crippen LogP contribution in [0.3, 0.4) is 0 Å². The molecule has 0 fully saturated rings. The van der Waals surface area contributed by atoms with E-state index in [9.17, 15) is 13.6 Å². The monoisotopic (exact) mass is 225 g/mol. The first-order valence-electron chi connectivity index (χ1n) is 4.53. The van der Waals surface area contributed by atoms with Gasteiger partial charge in [0.2, 0.25) is 0 Å². The Morgan fingerprint density at radius 2 is 2.19 bits per heavy atom. The van der Waals surface area contributed by atoms with Crippen LogP contribution in [-0.2, 0) is 0 Å². The van der Waals surface area contributed by atoms with Crippen molar-refractivity contribution in [2.24, 2.45) is 5.92 Å². The first-order chi connectivity index (χ1) is 7.54. The molecule has 84 valence electrons. The highest BCUT2D eigenvalue weighted by atomic mass is 19.3. The number of nitriles is 1. The van der Waals surface area contributed by atoms with Gasteiger partial charge < -0.3 is 4.74 Å². The van der Waals surface area contributed by atoms with Gasteiger partial charge in [-0.15, -0.1) is 0 Å². The van der Waals surface area contributed by atoms with Gasteiger partial charge >= 0.3 is 6.61 Å². The quantitative estimate of drug-likeness (QED) is 0.740. The van der Waals surface area contributed by atoms with Gasteiger partial charge in [-0.25, -0.2) is 0 Å². The minimum atomic E-state index is -2.93. The Labute approximate surface area is 91.3 Å². The van der Waals surface area contributed by atoms with Crippen LogP contribution in [0, 0.1) is 17.2 Å².